The van der Waals surface area contributed by atoms with Crippen LogP contribution in [0.4, 0.5) is 0 Å². The molecule has 0 unspecified atom stereocenters. The fourth-order valence-corrected chi connectivity index (χ4v) is 5.87. The molecule has 1 aliphatic carbocycles. The van der Waals surface area contributed by atoms with Gasteiger partial charge < -0.3 is 18.9 Å². The highest BCUT2D eigenvalue weighted by molar-refractivity contribution is 9.10. The standard InChI is InChI=1S/C31H28Br2O4/c1-34-15-17-36-25-9-3-21(4-10-25)31(22-5-11-26(12-6-22)37-18-16-35-2)29-19-23(32)7-13-27(29)28-14-8-24(33)20-30(28)31/h3-14,19-20H,15-18H2,1-2H3. The van der Waals surface area contributed by atoms with E-state index in [9.17, 15) is 0 Å². The van der Waals surface area contributed by atoms with E-state index in [2.05, 4.69) is 92.5 Å². The van der Waals surface area contributed by atoms with Gasteiger partial charge in [0.25, 0.3) is 0 Å². The molecule has 0 fully saturated rings. The Morgan fingerprint density at radius 1 is 0.541 bits per heavy atom. The number of benzene rings is 4. The van der Waals surface area contributed by atoms with Crippen molar-refractivity contribution in [3.63, 3.8) is 0 Å². The molecule has 4 aromatic carbocycles. The molecule has 0 aliphatic heterocycles. The summed E-state index contributed by atoms with van der Waals surface area (Å²) in [6.45, 7) is 2.12. The molecule has 1 aliphatic rings. The summed E-state index contributed by atoms with van der Waals surface area (Å²) in [5, 5.41) is 0. The number of methoxy groups -OCH3 is 2. The molecule has 0 atom stereocenters. The molecule has 0 saturated carbocycles. The van der Waals surface area contributed by atoms with Crippen LogP contribution in [0.25, 0.3) is 11.1 Å². The average Bonchev–Trinajstić information content (AvgIpc) is 3.19. The van der Waals surface area contributed by atoms with Gasteiger partial charge in [-0.1, -0.05) is 68.3 Å². The van der Waals surface area contributed by atoms with Gasteiger partial charge in [0.05, 0.1) is 18.6 Å². The van der Waals surface area contributed by atoms with Crippen LogP contribution >= 0.6 is 31.9 Å². The molecule has 0 spiro atoms. The van der Waals surface area contributed by atoms with Crippen LogP contribution in [0.2, 0.25) is 0 Å². The first kappa shape index (κ1) is 26.0. The molecular formula is C31H28Br2O4. The maximum atomic E-state index is 5.88. The lowest BCUT2D eigenvalue weighted by molar-refractivity contribution is 0.146. The molecule has 37 heavy (non-hydrogen) atoms. The molecule has 190 valence electrons. The summed E-state index contributed by atoms with van der Waals surface area (Å²) in [5.74, 6) is 1.64. The zero-order valence-corrected chi connectivity index (χ0v) is 24.0. The van der Waals surface area contributed by atoms with E-state index >= 15 is 0 Å². The molecule has 4 aromatic rings. The smallest absolute Gasteiger partial charge is 0.119 e. The van der Waals surface area contributed by atoms with Crippen LogP contribution in [0.3, 0.4) is 0 Å². The van der Waals surface area contributed by atoms with Crippen molar-refractivity contribution in [3.8, 4) is 22.6 Å². The minimum absolute atomic E-state index is 0.511. The summed E-state index contributed by atoms with van der Waals surface area (Å²) < 4.78 is 24.1. The van der Waals surface area contributed by atoms with Gasteiger partial charge in [-0.15, -0.1) is 0 Å². The van der Waals surface area contributed by atoms with Crippen molar-refractivity contribution in [1.29, 1.82) is 0 Å². The Bertz CT molecular complexity index is 1260. The highest BCUT2D eigenvalue weighted by Gasteiger charge is 2.46. The highest BCUT2D eigenvalue weighted by Crippen LogP contribution is 2.57. The Labute approximate surface area is 234 Å². The van der Waals surface area contributed by atoms with Gasteiger partial charge in [-0.05, 0) is 81.9 Å². The first-order valence-corrected chi connectivity index (χ1v) is 13.7. The van der Waals surface area contributed by atoms with E-state index in [1.165, 1.54) is 22.3 Å². The molecule has 4 nitrogen and oxygen atoms in total. The minimum atomic E-state index is -0.519. The zero-order valence-electron chi connectivity index (χ0n) is 20.8. The second-order valence-corrected chi connectivity index (χ2v) is 10.7. The molecular weight excluding hydrogens is 596 g/mol. The van der Waals surface area contributed by atoms with Gasteiger partial charge in [-0.3, -0.25) is 0 Å². The van der Waals surface area contributed by atoms with Gasteiger partial charge in [0.15, 0.2) is 0 Å². The molecule has 0 N–H and O–H groups in total. The second-order valence-electron chi connectivity index (χ2n) is 8.86. The summed E-state index contributed by atoms with van der Waals surface area (Å²) >= 11 is 7.48. The predicted octanol–water partition coefficient (Wildman–Crippen LogP) is 7.63. The lowest BCUT2D eigenvalue weighted by Gasteiger charge is -2.34. The number of fused-ring (bicyclic) bond motifs is 3. The zero-order chi connectivity index (χ0) is 25.8. The van der Waals surface area contributed by atoms with Crippen LogP contribution < -0.4 is 9.47 Å². The van der Waals surface area contributed by atoms with E-state index in [0.29, 0.717) is 26.4 Å². The SMILES string of the molecule is COCCOc1ccc(C2(c3ccc(OCCOC)cc3)c3cc(Br)ccc3-c3ccc(Br)cc32)cc1. The fraction of sp³-hybridized carbons (Fsp3) is 0.226. The largest absolute Gasteiger partial charge is 0.491 e. The van der Waals surface area contributed by atoms with Crippen LogP contribution in [0.1, 0.15) is 22.3 Å². The predicted molar refractivity (Wildman–Crippen MR) is 154 cm³/mol. The van der Waals surface area contributed by atoms with Crippen molar-refractivity contribution >= 4 is 31.9 Å². The highest BCUT2D eigenvalue weighted by atomic mass is 79.9. The quantitative estimate of drug-likeness (QED) is 0.150. The molecule has 0 bridgehead atoms. The molecule has 0 heterocycles. The summed E-state index contributed by atoms with van der Waals surface area (Å²) in [6.07, 6.45) is 0. The fourth-order valence-electron chi connectivity index (χ4n) is 5.14. The number of hydrogen-bond acceptors (Lipinski definition) is 4. The number of rotatable bonds is 10. The second kappa shape index (κ2) is 11.4. The van der Waals surface area contributed by atoms with Crippen molar-refractivity contribution in [1.82, 2.24) is 0 Å². The van der Waals surface area contributed by atoms with Crippen molar-refractivity contribution < 1.29 is 18.9 Å². The average molecular weight is 624 g/mol. The number of hydrogen-bond donors (Lipinski definition) is 0. The van der Waals surface area contributed by atoms with Crippen molar-refractivity contribution in [3.05, 3.63) is 116 Å². The topological polar surface area (TPSA) is 36.9 Å². The van der Waals surface area contributed by atoms with Crippen LogP contribution in [0.15, 0.2) is 93.9 Å². The molecule has 5 rings (SSSR count). The lowest BCUT2D eigenvalue weighted by atomic mass is 9.67. The maximum absolute atomic E-state index is 5.88. The molecule has 0 saturated heterocycles. The van der Waals surface area contributed by atoms with Crippen LogP contribution in [-0.4, -0.2) is 40.6 Å². The number of halogens is 2. The Hall–Kier alpha value is -2.64. The summed E-state index contributed by atoms with van der Waals surface area (Å²) in [7, 11) is 3.35. The van der Waals surface area contributed by atoms with Crippen molar-refractivity contribution in [2.75, 3.05) is 40.6 Å². The molecule has 0 amide bonds. The van der Waals surface area contributed by atoms with Gasteiger partial charge in [0, 0.05) is 23.2 Å². The summed E-state index contributed by atoms with van der Waals surface area (Å²) in [5.41, 5.74) is 6.73. The molecule has 6 heteroatoms. The Morgan fingerprint density at radius 2 is 0.946 bits per heavy atom. The Kier molecular flexibility index (Phi) is 8.01. The van der Waals surface area contributed by atoms with E-state index in [-0.39, 0.29) is 0 Å². The Morgan fingerprint density at radius 3 is 1.32 bits per heavy atom. The Balaban J connectivity index is 1.69. The van der Waals surface area contributed by atoms with Gasteiger partial charge >= 0.3 is 0 Å². The number of ether oxygens (including phenoxy) is 4. The van der Waals surface area contributed by atoms with Crippen molar-refractivity contribution in [2.45, 2.75) is 5.41 Å². The van der Waals surface area contributed by atoms with E-state index in [4.69, 9.17) is 18.9 Å². The van der Waals surface area contributed by atoms with Gasteiger partial charge in [0.2, 0.25) is 0 Å². The third-order valence-electron chi connectivity index (χ3n) is 6.75. The normalized spacial score (nSPS) is 13.2. The van der Waals surface area contributed by atoms with Crippen molar-refractivity contribution in [2.24, 2.45) is 0 Å². The first-order valence-electron chi connectivity index (χ1n) is 12.1. The van der Waals surface area contributed by atoms with Crippen LogP contribution in [-0.2, 0) is 14.9 Å². The first-order chi connectivity index (χ1) is 18.1. The lowest BCUT2D eigenvalue weighted by Crippen LogP contribution is -2.28. The summed E-state index contributed by atoms with van der Waals surface area (Å²) in [4.78, 5) is 0. The van der Waals surface area contributed by atoms with E-state index in [1.807, 2.05) is 24.3 Å². The monoisotopic (exact) mass is 622 g/mol. The van der Waals surface area contributed by atoms with Crippen LogP contribution in [0, 0.1) is 0 Å². The minimum Gasteiger partial charge on any atom is -0.491 e. The van der Waals surface area contributed by atoms with E-state index < -0.39 is 5.41 Å². The maximum Gasteiger partial charge on any atom is 0.119 e. The van der Waals surface area contributed by atoms with Gasteiger partial charge in [-0.25, -0.2) is 0 Å². The molecule has 0 aromatic heterocycles. The third-order valence-corrected chi connectivity index (χ3v) is 7.73. The van der Waals surface area contributed by atoms with Crippen LogP contribution in [0.5, 0.6) is 11.5 Å². The summed E-state index contributed by atoms with van der Waals surface area (Å²) in [6, 6.07) is 30.0. The van der Waals surface area contributed by atoms with E-state index in [1.54, 1.807) is 14.2 Å². The van der Waals surface area contributed by atoms with Gasteiger partial charge in [0.1, 0.15) is 24.7 Å². The third kappa shape index (κ3) is 4.96. The van der Waals surface area contributed by atoms with Gasteiger partial charge in [-0.2, -0.15) is 0 Å². The molecule has 0 radical (unpaired) electrons. The van der Waals surface area contributed by atoms with E-state index in [0.717, 1.165) is 31.6 Å².